The summed E-state index contributed by atoms with van der Waals surface area (Å²) in [5.74, 6) is -0.493. The normalized spacial score (nSPS) is 24.5. The Kier molecular flexibility index (Phi) is 4.17. The first-order valence-corrected chi connectivity index (χ1v) is 6.28. The smallest absolute Gasteiger partial charge is 0.163 e. The summed E-state index contributed by atoms with van der Waals surface area (Å²) in [6.07, 6.45) is 4.03. The number of benzene rings is 1. The van der Waals surface area contributed by atoms with Gasteiger partial charge in [-0.2, -0.15) is 0 Å². The number of hydrogen-bond donors (Lipinski definition) is 1. The van der Waals surface area contributed by atoms with Crippen molar-refractivity contribution in [1.82, 2.24) is 0 Å². The molecule has 0 spiro atoms. The number of aliphatic hydroxyl groups excluding tert-OH is 1. The van der Waals surface area contributed by atoms with Gasteiger partial charge < -0.3 is 14.6 Å². The molecule has 18 heavy (non-hydrogen) atoms. The molecule has 1 saturated heterocycles. The van der Waals surface area contributed by atoms with E-state index in [0.29, 0.717) is 13.0 Å². The van der Waals surface area contributed by atoms with Gasteiger partial charge in [-0.3, -0.25) is 0 Å². The summed E-state index contributed by atoms with van der Waals surface area (Å²) in [6, 6.07) is 9.66. The Balaban J connectivity index is 1.82. The second kappa shape index (κ2) is 5.65. The molecule has 3 nitrogen and oxygen atoms in total. The van der Waals surface area contributed by atoms with Crippen molar-refractivity contribution in [2.45, 2.75) is 38.3 Å². The molecule has 0 aromatic heterocycles. The highest BCUT2D eigenvalue weighted by Gasteiger charge is 2.30. The first kappa shape index (κ1) is 13.3. The van der Waals surface area contributed by atoms with E-state index in [1.165, 1.54) is 0 Å². The molecule has 1 heterocycles. The predicted octanol–water partition coefficient (Wildman–Crippen LogP) is 2.82. The maximum absolute atomic E-state index is 9.97. The Morgan fingerprint density at radius 3 is 2.72 bits per heavy atom. The minimum atomic E-state index is -0.493. The molecule has 2 atom stereocenters. The highest BCUT2D eigenvalue weighted by Crippen LogP contribution is 2.23. The third kappa shape index (κ3) is 3.67. The van der Waals surface area contributed by atoms with E-state index < -0.39 is 11.9 Å². The number of aliphatic hydroxyl groups is 1. The van der Waals surface area contributed by atoms with Crippen LogP contribution in [0.15, 0.2) is 42.5 Å². The van der Waals surface area contributed by atoms with Gasteiger partial charge in [0.15, 0.2) is 5.79 Å². The Morgan fingerprint density at radius 2 is 2.11 bits per heavy atom. The monoisotopic (exact) mass is 248 g/mol. The molecule has 2 rings (SSSR count). The zero-order valence-electron chi connectivity index (χ0n) is 10.9. The van der Waals surface area contributed by atoms with E-state index in [1.807, 2.05) is 56.3 Å². The van der Waals surface area contributed by atoms with Gasteiger partial charge in [0.2, 0.25) is 0 Å². The first-order chi connectivity index (χ1) is 8.57. The topological polar surface area (TPSA) is 38.7 Å². The molecule has 1 N–H and O–H groups in total. The quantitative estimate of drug-likeness (QED) is 0.833. The molecule has 0 saturated carbocycles. The molecule has 1 fully saturated rings. The van der Waals surface area contributed by atoms with Crippen LogP contribution in [0.1, 0.15) is 31.9 Å². The van der Waals surface area contributed by atoms with Crippen LogP contribution in [0.4, 0.5) is 0 Å². The van der Waals surface area contributed by atoms with Crippen molar-refractivity contribution >= 4 is 0 Å². The summed E-state index contributed by atoms with van der Waals surface area (Å²) in [4.78, 5) is 0. The standard InChI is InChI=1S/C15H20O3/c1-15(2)17-11-13(18-15)9-6-10-14(16)12-7-4-3-5-8-12/h3-9,13-14,16H,10-11H2,1-2H3/b9-6-/t13-,14+/m0/s1. The van der Waals surface area contributed by atoms with E-state index >= 15 is 0 Å². The fourth-order valence-corrected chi connectivity index (χ4v) is 1.98. The summed E-state index contributed by atoms with van der Waals surface area (Å²) in [5.41, 5.74) is 0.936. The summed E-state index contributed by atoms with van der Waals surface area (Å²) >= 11 is 0. The summed E-state index contributed by atoms with van der Waals surface area (Å²) < 4.78 is 11.1. The zero-order chi connectivity index (χ0) is 13.0. The molecule has 1 aliphatic rings. The van der Waals surface area contributed by atoms with Crippen molar-refractivity contribution in [3.05, 3.63) is 48.0 Å². The maximum Gasteiger partial charge on any atom is 0.163 e. The van der Waals surface area contributed by atoms with E-state index in [1.54, 1.807) is 0 Å². The SMILES string of the molecule is CC1(C)OC[C@H](/C=C\C[C@@H](O)c2ccccc2)O1. The first-order valence-electron chi connectivity index (χ1n) is 6.28. The van der Waals surface area contributed by atoms with Crippen LogP contribution < -0.4 is 0 Å². The molecule has 0 bridgehead atoms. The van der Waals surface area contributed by atoms with Gasteiger partial charge in [-0.25, -0.2) is 0 Å². The predicted molar refractivity (Wildman–Crippen MR) is 70.1 cm³/mol. The third-order valence-corrected chi connectivity index (χ3v) is 2.92. The average Bonchev–Trinajstić information content (AvgIpc) is 2.70. The summed E-state index contributed by atoms with van der Waals surface area (Å²) in [6.45, 7) is 4.38. The summed E-state index contributed by atoms with van der Waals surface area (Å²) in [7, 11) is 0. The van der Waals surface area contributed by atoms with Crippen molar-refractivity contribution in [3.8, 4) is 0 Å². The lowest BCUT2D eigenvalue weighted by atomic mass is 10.1. The van der Waals surface area contributed by atoms with Crippen LogP contribution in [0.25, 0.3) is 0 Å². The maximum atomic E-state index is 9.97. The Bertz CT molecular complexity index is 397. The largest absolute Gasteiger partial charge is 0.388 e. The van der Waals surface area contributed by atoms with E-state index in [-0.39, 0.29) is 6.10 Å². The van der Waals surface area contributed by atoms with Crippen LogP contribution in [-0.2, 0) is 9.47 Å². The van der Waals surface area contributed by atoms with Crippen molar-refractivity contribution < 1.29 is 14.6 Å². The minimum absolute atomic E-state index is 0.0111. The van der Waals surface area contributed by atoms with Crippen LogP contribution in [-0.4, -0.2) is 23.6 Å². The van der Waals surface area contributed by atoms with Crippen LogP contribution in [0.5, 0.6) is 0 Å². The highest BCUT2D eigenvalue weighted by molar-refractivity contribution is 5.18. The van der Waals surface area contributed by atoms with E-state index in [9.17, 15) is 5.11 Å². The van der Waals surface area contributed by atoms with Gasteiger partial charge in [-0.1, -0.05) is 42.5 Å². The van der Waals surface area contributed by atoms with Gasteiger partial charge in [0.25, 0.3) is 0 Å². The lowest BCUT2D eigenvalue weighted by Crippen LogP contribution is -2.20. The molecule has 1 aromatic carbocycles. The average molecular weight is 248 g/mol. The molecule has 0 radical (unpaired) electrons. The molecule has 0 unspecified atom stereocenters. The summed E-state index contributed by atoms with van der Waals surface area (Å²) in [5, 5.41) is 9.97. The van der Waals surface area contributed by atoms with Crippen molar-refractivity contribution in [1.29, 1.82) is 0 Å². The Morgan fingerprint density at radius 1 is 1.39 bits per heavy atom. The van der Waals surface area contributed by atoms with Crippen molar-refractivity contribution in [2.24, 2.45) is 0 Å². The minimum Gasteiger partial charge on any atom is -0.388 e. The van der Waals surface area contributed by atoms with Crippen molar-refractivity contribution in [2.75, 3.05) is 6.61 Å². The Labute approximate surface area is 108 Å². The molecular formula is C15H20O3. The van der Waals surface area contributed by atoms with Crippen LogP contribution in [0, 0.1) is 0 Å². The number of hydrogen-bond acceptors (Lipinski definition) is 3. The Hall–Kier alpha value is -1.16. The fraction of sp³-hybridized carbons (Fsp3) is 0.467. The molecule has 1 aliphatic heterocycles. The highest BCUT2D eigenvalue weighted by atomic mass is 16.7. The molecule has 0 aliphatic carbocycles. The molecule has 1 aromatic rings. The van der Waals surface area contributed by atoms with Gasteiger partial charge in [-0.15, -0.1) is 0 Å². The molecule has 3 heteroatoms. The lowest BCUT2D eigenvalue weighted by Gasteiger charge is -2.15. The molecule has 0 amide bonds. The van der Waals surface area contributed by atoms with Crippen LogP contribution >= 0.6 is 0 Å². The van der Waals surface area contributed by atoms with Gasteiger partial charge in [0.1, 0.15) is 6.10 Å². The second-order valence-corrected chi connectivity index (χ2v) is 4.96. The van der Waals surface area contributed by atoms with Crippen molar-refractivity contribution in [3.63, 3.8) is 0 Å². The lowest BCUT2D eigenvalue weighted by molar-refractivity contribution is -0.133. The molecular weight excluding hydrogens is 228 g/mol. The number of rotatable bonds is 4. The third-order valence-electron chi connectivity index (χ3n) is 2.92. The second-order valence-electron chi connectivity index (χ2n) is 4.96. The van der Waals surface area contributed by atoms with Crippen LogP contribution in [0.3, 0.4) is 0 Å². The van der Waals surface area contributed by atoms with E-state index in [4.69, 9.17) is 9.47 Å². The van der Waals surface area contributed by atoms with Gasteiger partial charge in [-0.05, 0) is 25.8 Å². The zero-order valence-corrected chi connectivity index (χ0v) is 10.9. The van der Waals surface area contributed by atoms with E-state index in [2.05, 4.69) is 0 Å². The number of ether oxygens (including phenoxy) is 2. The van der Waals surface area contributed by atoms with E-state index in [0.717, 1.165) is 5.56 Å². The van der Waals surface area contributed by atoms with Gasteiger partial charge >= 0.3 is 0 Å². The fourth-order valence-electron chi connectivity index (χ4n) is 1.98. The van der Waals surface area contributed by atoms with Gasteiger partial charge in [0, 0.05) is 0 Å². The molecule has 98 valence electrons. The van der Waals surface area contributed by atoms with Gasteiger partial charge in [0.05, 0.1) is 12.7 Å². The van der Waals surface area contributed by atoms with Crippen LogP contribution in [0.2, 0.25) is 0 Å².